The average Bonchev–Trinajstić information content (AvgIpc) is 1.85. The van der Waals surface area contributed by atoms with Crippen LogP contribution in [0.2, 0.25) is 0 Å². The molecule has 0 aliphatic heterocycles. The molecule has 0 fully saturated rings. The Kier molecular flexibility index (Phi) is 5.03. The van der Waals surface area contributed by atoms with Crippen molar-refractivity contribution in [3.63, 3.8) is 0 Å². The molecule has 0 rings (SSSR count). The summed E-state index contributed by atoms with van der Waals surface area (Å²) >= 11 is 0. The van der Waals surface area contributed by atoms with E-state index in [1.54, 1.807) is 0 Å². The molecule has 0 aromatic rings. The van der Waals surface area contributed by atoms with Crippen LogP contribution in [0.3, 0.4) is 0 Å². The van der Waals surface area contributed by atoms with Gasteiger partial charge in [0.15, 0.2) is 0 Å². The number of hydrogen-bond acceptors (Lipinski definition) is 1. The minimum Gasteiger partial charge on any atom is -0.493 e. The topological polar surface area (TPSA) is 9.23 Å². The molecular formula is C11H22O. The second-order valence-corrected chi connectivity index (χ2v) is 3.75. The van der Waals surface area contributed by atoms with Crippen LogP contribution in [0.15, 0.2) is 12.3 Å². The van der Waals surface area contributed by atoms with Crippen molar-refractivity contribution in [2.24, 2.45) is 0 Å². The van der Waals surface area contributed by atoms with Crippen molar-refractivity contribution in [3.8, 4) is 0 Å². The third-order valence-corrected chi connectivity index (χ3v) is 1.98. The molecule has 0 aliphatic carbocycles. The summed E-state index contributed by atoms with van der Waals surface area (Å²) in [5.74, 6) is 0.833. The summed E-state index contributed by atoms with van der Waals surface area (Å²) in [7, 11) is 0. The van der Waals surface area contributed by atoms with Gasteiger partial charge in [-0.25, -0.2) is 0 Å². The first-order valence-electron chi connectivity index (χ1n) is 4.88. The van der Waals surface area contributed by atoms with Crippen LogP contribution < -0.4 is 0 Å². The smallest absolute Gasteiger partial charge is 0.106 e. The maximum absolute atomic E-state index is 5.72. The van der Waals surface area contributed by atoms with Gasteiger partial charge in [0.25, 0.3) is 0 Å². The molecule has 0 saturated heterocycles. The molecule has 0 bridgehead atoms. The standard InChI is InChI=1S/C11H22O/c1-6-8-11(5,9-7-2)12-10(3)4/h3,6-9H2,1-2,4-5H3. The first kappa shape index (κ1) is 11.5. The molecule has 0 aliphatic rings. The molecule has 0 spiro atoms. The van der Waals surface area contributed by atoms with Crippen LogP contribution in [0.25, 0.3) is 0 Å². The van der Waals surface area contributed by atoms with E-state index in [9.17, 15) is 0 Å². The lowest BCUT2D eigenvalue weighted by atomic mass is 9.95. The van der Waals surface area contributed by atoms with Crippen LogP contribution in [-0.2, 0) is 4.74 Å². The number of ether oxygens (including phenoxy) is 1. The van der Waals surface area contributed by atoms with Crippen molar-refractivity contribution in [1.82, 2.24) is 0 Å². The summed E-state index contributed by atoms with van der Waals surface area (Å²) in [6.45, 7) is 12.3. The fraction of sp³-hybridized carbons (Fsp3) is 0.818. The van der Waals surface area contributed by atoms with Crippen LogP contribution in [0.4, 0.5) is 0 Å². The highest BCUT2D eigenvalue weighted by atomic mass is 16.5. The molecule has 72 valence electrons. The summed E-state index contributed by atoms with van der Waals surface area (Å²) in [6.07, 6.45) is 4.58. The minimum absolute atomic E-state index is 0.0231. The number of hydrogen-bond donors (Lipinski definition) is 0. The lowest BCUT2D eigenvalue weighted by Crippen LogP contribution is -2.27. The van der Waals surface area contributed by atoms with Gasteiger partial charge in [-0.15, -0.1) is 0 Å². The van der Waals surface area contributed by atoms with Crippen molar-refractivity contribution >= 4 is 0 Å². The molecule has 0 heterocycles. The Bertz CT molecular complexity index is 132. The predicted octanol–water partition coefficient (Wildman–Crippen LogP) is 3.90. The average molecular weight is 170 g/mol. The van der Waals surface area contributed by atoms with Gasteiger partial charge in [-0.05, 0) is 26.7 Å². The summed E-state index contributed by atoms with van der Waals surface area (Å²) in [4.78, 5) is 0. The van der Waals surface area contributed by atoms with E-state index in [-0.39, 0.29) is 5.60 Å². The normalized spacial score (nSPS) is 11.3. The Morgan fingerprint density at radius 2 is 1.67 bits per heavy atom. The van der Waals surface area contributed by atoms with E-state index in [0.29, 0.717) is 0 Å². The Labute approximate surface area is 76.8 Å². The van der Waals surface area contributed by atoms with E-state index in [2.05, 4.69) is 27.4 Å². The van der Waals surface area contributed by atoms with Crippen LogP contribution >= 0.6 is 0 Å². The van der Waals surface area contributed by atoms with Gasteiger partial charge in [-0.2, -0.15) is 0 Å². The zero-order valence-electron chi connectivity index (χ0n) is 8.94. The Hall–Kier alpha value is -0.460. The first-order valence-corrected chi connectivity index (χ1v) is 4.88. The van der Waals surface area contributed by atoms with Crippen LogP contribution in [0.5, 0.6) is 0 Å². The molecule has 0 unspecified atom stereocenters. The van der Waals surface area contributed by atoms with Crippen LogP contribution in [0.1, 0.15) is 53.4 Å². The van der Waals surface area contributed by atoms with Gasteiger partial charge < -0.3 is 4.74 Å². The highest BCUT2D eigenvalue weighted by Crippen LogP contribution is 2.25. The Morgan fingerprint density at radius 3 is 1.92 bits per heavy atom. The van der Waals surface area contributed by atoms with Crippen LogP contribution in [0, 0.1) is 0 Å². The quantitative estimate of drug-likeness (QED) is 0.549. The summed E-state index contributed by atoms with van der Waals surface area (Å²) in [5, 5.41) is 0. The molecular weight excluding hydrogens is 148 g/mol. The maximum Gasteiger partial charge on any atom is 0.106 e. The molecule has 0 saturated carbocycles. The second kappa shape index (κ2) is 5.23. The molecule has 0 amide bonds. The van der Waals surface area contributed by atoms with Crippen molar-refractivity contribution in [1.29, 1.82) is 0 Å². The number of allylic oxidation sites excluding steroid dienone is 1. The van der Waals surface area contributed by atoms with Crippen molar-refractivity contribution < 1.29 is 4.74 Å². The number of rotatable bonds is 6. The van der Waals surface area contributed by atoms with Gasteiger partial charge in [-0.1, -0.05) is 33.3 Å². The Morgan fingerprint density at radius 1 is 1.25 bits per heavy atom. The molecule has 12 heavy (non-hydrogen) atoms. The Balaban J connectivity index is 4.07. The molecule has 0 N–H and O–H groups in total. The van der Waals surface area contributed by atoms with Gasteiger partial charge in [0, 0.05) is 0 Å². The van der Waals surface area contributed by atoms with E-state index in [4.69, 9.17) is 4.74 Å². The molecule has 0 aromatic carbocycles. The first-order chi connectivity index (χ1) is 5.54. The van der Waals surface area contributed by atoms with E-state index in [1.807, 2.05) is 6.92 Å². The van der Waals surface area contributed by atoms with Gasteiger partial charge in [0.05, 0.1) is 5.76 Å². The molecule has 0 atom stereocenters. The summed E-state index contributed by atoms with van der Waals surface area (Å²) in [5.41, 5.74) is 0.0231. The van der Waals surface area contributed by atoms with Gasteiger partial charge >= 0.3 is 0 Å². The highest BCUT2D eigenvalue weighted by molar-refractivity contribution is 4.84. The third-order valence-electron chi connectivity index (χ3n) is 1.98. The largest absolute Gasteiger partial charge is 0.493 e. The lowest BCUT2D eigenvalue weighted by Gasteiger charge is -2.30. The molecule has 0 aromatic heterocycles. The van der Waals surface area contributed by atoms with Crippen molar-refractivity contribution in [2.75, 3.05) is 0 Å². The minimum atomic E-state index is 0.0231. The van der Waals surface area contributed by atoms with Crippen LogP contribution in [-0.4, -0.2) is 5.60 Å². The monoisotopic (exact) mass is 170 g/mol. The molecule has 1 heteroatoms. The SMILES string of the molecule is C=C(C)OC(C)(CCC)CCC. The van der Waals surface area contributed by atoms with Gasteiger partial charge in [0.2, 0.25) is 0 Å². The maximum atomic E-state index is 5.72. The van der Waals surface area contributed by atoms with Gasteiger partial charge in [-0.3, -0.25) is 0 Å². The van der Waals surface area contributed by atoms with E-state index in [1.165, 1.54) is 12.8 Å². The summed E-state index contributed by atoms with van der Waals surface area (Å²) < 4.78 is 5.72. The third kappa shape index (κ3) is 4.42. The molecule has 0 radical (unpaired) electrons. The zero-order valence-corrected chi connectivity index (χ0v) is 8.94. The van der Waals surface area contributed by atoms with Crippen molar-refractivity contribution in [2.45, 2.75) is 59.0 Å². The highest BCUT2D eigenvalue weighted by Gasteiger charge is 2.23. The van der Waals surface area contributed by atoms with Crippen molar-refractivity contribution in [3.05, 3.63) is 12.3 Å². The van der Waals surface area contributed by atoms with E-state index < -0.39 is 0 Å². The fourth-order valence-electron chi connectivity index (χ4n) is 1.71. The zero-order chi connectivity index (χ0) is 9.61. The fourth-order valence-corrected chi connectivity index (χ4v) is 1.71. The lowest BCUT2D eigenvalue weighted by molar-refractivity contribution is 0.00373. The van der Waals surface area contributed by atoms with E-state index >= 15 is 0 Å². The van der Waals surface area contributed by atoms with E-state index in [0.717, 1.165) is 18.6 Å². The summed E-state index contributed by atoms with van der Waals surface area (Å²) in [6, 6.07) is 0. The second-order valence-electron chi connectivity index (χ2n) is 3.75. The van der Waals surface area contributed by atoms with Gasteiger partial charge in [0.1, 0.15) is 5.60 Å². The predicted molar refractivity (Wildman–Crippen MR) is 54.1 cm³/mol. The molecule has 1 nitrogen and oxygen atoms in total.